The molecule has 1 fully saturated rings. The molecule has 1 N–H and O–H groups in total. The van der Waals surface area contributed by atoms with E-state index in [4.69, 9.17) is 5.11 Å². The first-order valence-electron chi connectivity index (χ1n) is 8.43. The Labute approximate surface area is 137 Å². The highest BCUT2D eigenvalue weighted by atomic mass is 16.3. The minimum Gasteiger partial charge on any atom is -0.394 e. The van der Waals surface area contributed by atoms with Crippen LogP contribution in [0.25, 0.3) is 0 Å². The molecule has 0 saturated carbocycles. The SMILES string of the molecule is Cc1nn(CCO)c(C)c1CN1CCC(c2cnn(C)c2)CC1. The lowest BCUT2D eigenvalue weighted by atomic mass is 9.91. The average molecular weight is 317 g/mol. The summed E-state index contributed by atoms with van der Waals surface area (Å²) in [6.45, 7) is 8.08. The molecule has 0 aliphatic carbocycles. The average Bonchev–Trinajstić information content (AvgIpc) is 3.08. The van der Waals surface area contributed by atoms with E-state index in [9.17, 15) is 0 Å². The van der Waals surface area contributed by atoms with Gasteiger partial charge < -0.3 is 5.11 Å². The van der Waals surface area contributed by atoms with Crippen LogP contribution in [-0.2, 0) is 20.1 Å². The van der Waals surface area contributed by atoms with Crippen molar-refractivity contribution in [3.8, 4) is 0 Å². The van der Waals surface area contributed by atoms with Crippen molar-refractivity contribution in [3.05, 3.63) is 34.9 Å². The Morgan fingerprint density at radius 1 is 1.26 bits per heavy atom. The van der Waals surface area contributed by atoms with Gasteiger partial charge in [-0.3, -0.25) is 14.3 Å². The molecule has 0 atom stereocenters. The van der Waals surface area contributed by atoms with E-state index in [1.165, 1.54) is 29.7 Å². The van der Waals surface area contributed by atoms with Crippen molar-refractivity contribution < 1.29 is 5.11 Å². The van der Waals surface area contributed by atoms with Crippen molar-refractivity contribution in [1.82, 2.24) is 24.5 Å². The summed E-state index contributed by atoms with van der Waals surface area (Å²) >= 11 is 0. The molecule has 1 saturated heterocycles. The first-order valence-corrected chi connectivity index (χ1v) is 8.43. The van der Waals surface area contributed by atoms with Crippen molar-refractivity contribution in [2.75, 3.05) is 19.7 Å². The standard InChI is InChI=1S/C17H27N5O/c1-13-17(14(2)22(19-13)8-9-23)12-21-6-4-15(5-7-21)16-10-18-20(3)11-16/h10-11,15,23H,4-9,12H2,1-3H3. The maximum Gasteiger partial charge on any atom is 0.0644 e. The minimum atomic E-state index is 0.137. The molecule has 0 unspecified atom stereocenters. The second-order valence-electron chi connectivity index (χ2n) is 6.59. The van der Waals surface area contributed by atoms with E-state index in [1.54, 1.807) is 0 Å². The van der Waals surface area contributed by atoms with Crippen molar-refractivity contribution in [3.63, 3.8) is 0 Å². The number of nitrogens with zero attached hydrogens (tertiary/aromatic N) is 5. The molecule has 0 aromatic carbocycles. The number of aryl methyl sites for hydroxylation is 2. The van der Waals surface area contributed by atoms with Gasteiger partial charge in [-0.2, -0.15) is 10.2 Å². The number of hydrogen-bond acceptors (Lipinski definition) is 4. The molecule has 0 radical (unpaired) electrons. The van der Waals surface area contributed by atoms with Gasteiger partial charge in [0, 0.05) is 31.0 Å². The molecule has 2 aromatic rings. The van der Waals surface area contributed by atoms with Gasteiger partial charge in [0.15, 0.2) is 0 Å². The molecule has 3 heterocycles. The maximum atomic E-state index is 9.13. The molecule has 126 valence electrons. The van der Waals surface area contributed by atoms with Crippen LogP contribution in [0.15, 0.2) is 12.4 Å². The molecule has 0 spiro atoms. The Bertz CT molecular complexity index is 652. The number of likely N-dealkylation sites (tertiary alicyclic amines) is 1. The van der Waals surface area contributed by atoms with E-state index < -0.39 is 0 Å². The molecule has 1 aliphatic heterocycles. The van der Waals surface area contributed by atoms with Gasteiger partial charge in [0.25, 0.3) is 0 Å². The van der Waals surface area contributed by atoms with Gasteiger partial charge in [-0.15, -0.1) is 0 Å². The van der Waals surface area contributed by atoms with Crippen LogP contribution in [0.5, 0.6) is 0 Å². The molecule has 6 nitrogen and oxygen atoms in total. The number of hydrogen-bond donors (Lipinski definition) is 1. The highest BCUT2D eigenvalue weighted by Gasteiger charge is 2.23. The fourth-order valence-electron chi connectivity index (χ4n) is 3.57. The lowest BCUT2D eigenvalue weighted by Crippen LogP contribution is -2.32. The largest absolute Gasteiger partial charge is 0.394 e. The van der Waals surface area contributed by atoms with Crippen LogP contribution in [0.4, 0.5) is 0 Å². The van der Waals surface area contributed by atoms with Crippen LogP contribution in [-0.4, -0.2) is 49.3 Å². The quantitative estimate of drug-likeness (QED) is 0.910. The summed E-state index contributed by atoms with van der Waals surface area (Å²) in [5, 5.41) is 18.0. The monoisotopic (exact) mass is 317 g/mol. The smallest absolute Gasteiger partial charge is 0.0644 e. The van der Waals surface area contributed by atoms with Crippen LogP contribution >= 0.6 is 0 Å². The second kappa shape index (κ2) is 6.84. The van der Waals surface area contributed by atoms with Crippen molar-refractivity contribution in [2.24, 2.45) is 7.05 Å². The van der Waals surface area contributed by atoms with Gasteiger partial charge in [-0.1, -0.05) is 0 Å². The molecule has 0 bridgehead atoms. The molecule has 1 aliphatic rings. The van der Waals surface area contributed by atoms with E-state index in [-0.39, 0.29) is 6.61 Å². The number of piperidine rings is 1. The van der Waals surface area contributed by atoms with E-state index >= 15 is 0 Å². The van der Waals surface area contributed by atoms with Crippen molar-refractivity contribution in [1.29, 1.82) is 0 Å². The zero-order chi connectivity index (χ0) is 16.4. The van der Waals surface area contributed by atoms with Crippen LogP contribution in [0, 0.1) is 13.8 Å². The van der Waals surface area contributed by atoms with Gasteiger partial charge in [0.2, 0.25) is 0 Å². The minimum absolute atomic E-state index is 0.137. The molecular weight excluding hydrogens is 290 g/mol. The molecule has 23 heavy (non-hydrogen) atoms. The Kier molecular flexibility index (Phi) is 4.82. The van der Waals surface area contributed by atoms with Crippen molar-refractivity contribution in [2.45, 2.75) is 45.7 Å². The summed E-state index contributed by atoms with van der Waals surface area (Å²) in [5.41, 5.74) is 4.96. The fraction of sp³-hybridized carbons (Fsp3) is 0.647. The zero-order valence-electron chi connectivity index (χ0n) is 14.4. The van der Waals surface area contributed by atoms with Gasteiger partial charge >= 0.3 is 0 Å². The maximum absolute atomic E-state index is 9.13. The van der Waals surface area contributed by atoms with E-state index in [2.05, 4.69) is 35.1 Å². The Balaban J connectivity index is 1.61. The summed E-state index contributed by atoms with van der Waals surface area (Å²) in [7, 11) is 1.98. The Hall–Kier alpha value is -1.66. The van der Waals surface area contributed by atoms with Gasteiger partial charge in [0.05, 0.1) is 25.0 Å². The van der Waals surface area contributed by atoms with E-state index in [1.807, 2.05) is 22.6 Å². The summed E-state index contributed by atoms with van der Waals surface area (Å²) in [6, 6.07) is 0. The molecule has 2 aromatic heterocycles. The number of aromatic nitrogens is 4. The third-order valence-corrected chi connectivity index (χ3v) is 5.01. The van der Waals surface area contributed by atoms with Gasteiger partial charge in [-0.25, -0.2) is 0 Å². The highest BCUT2D eigenvalue weighted by molar-refractivity contribution is 5.24. The third-order valence-electron chi connectivity index (χ3n) is 5.01. The van der Waals surface area contributed by atoms with Crippen molar-refractivity contribution >= 4 is 0 Å². The molecule has 3 rings (SSSR count). The normalized spacial score (nSPS) is 17.0. The van der Waals surface area contributed by atoms with Gasteiger partial charge in [-0.05, 0) is 51.3 Å². The van der Waals surface area contributed by atoms with Crippen LogP contribution in [0.2, 0.25) is 0 Å². The highest BCUT2D eigenvalue weighted by Crippen LogP contribution is 2.28. The Morgan fingerprint density at radius 3 is 2.61 bits per heavy atom. The second-order valence-corrected chi connectivity index (χ2v) is 6.59. The Morgan fingerprint density at radius 2 is 2.00 bits per heavy atom. The lowest BCUT2D eigenvalue weighted by Gasteiger charge is -2.31. The number of aliphatic hydroxyl groups excluding tert-OH is 1. The predicted octanol–water partition coefficient (Wildman–Crippen LogP) is 1.61. The summed E-state index contributed by atoms with van der Waals surface area (Å²) in [4.78, 5) is 2.52. The van der Waals surface area contributed by atoms with Crippen LogP contribution in [0.3, 0.4) is 0 Å². The first-order chi connectivity index (χ1) is 11.1. The third kappa shape index (κ3) is 3.48. The zero-order valence-corrected chi connectivity index (χ0v) is 14.4. The van der Waals surface area contributed by atoms with Gasteiger partial charge in [0.1, 0.15) is 0 Å². The first kappa shape index (κ1) is 16.2. The van der Waals surface area contributed by atoms with Crippen LogP contribution in [0.1, 0.15) is 41.3 Å². The molecule has 0 amide bonds. The molecule has 6 heteroatoms. The van der Waals surface area contributed by atoms with E-state index in [0.717, 1.165) is 25.3 Å². The van der Waals surface area contributed by atoms with Crippen LogP contribution < -0.4 is 0 Å². The number of aliphatic hydroxyl groups is 1. The summed E-state index contributed by atoms with van der Waals surface area (Å²) < 4.78 is 3.82. The number of rotatable bonds is 5. The molecular formula is C17H27N5O. The predicted molar refractivity (Wildman–Crippen MR) is 89.2 cm³/mol. The lowest BCUT2D eigenvalue weighted by molar-refractivity contribution is 0.204. The summed E-state index contributed by atoms with van der Waals surface area (Å²) in [5.74, 6) is 0.638. The summed E-state index contributed by atoms with van der Waals surface area (Å²) in [6.07, 6.45) is 6.53. The van der Waals surface area contributed by atoms with E-state index in [0.29, 0.717) is 12.5 Å². The fourth-order valence-corrected chi connectivity index (χ4v) is 3.57. The topological polar surface area (TPSA) is 59.1 Å².